The number of aromatic nitrogens is 4. The molecule has 1 aromatic carbocycles. The zero-order valence-corrected chi connectivity index (χ0v) is 15.4. The van der Waals surface area contributed by atoms with Gasteiger partial charge in [-0.2, -0.15) is 5.10 Å². The van der Waals surface area contributed by atoms with Crippen molar-refractivity contribution in [2.24, 2.45) is 0 Å². The van der Waals surface area contributed by atoms with Gasteiger partial charge in [-0.05, 0) is 24.5 Å². The molecule has 0 unspecified atom stereocenters. The van der Waals surface area contributed by atoms with Crippen molar-refractivity contribution in [3.63, 3.8) is 0 Å². The summed E-state index contributed by atoms with van der Waals surface area (Å²) in [6.07, 6.45) is 4.87. The van der Waals surface area contributed by atoms with Gasteiger partial charge in [-0.15, -0.1) is 0 Å². The monoisotopic (exact) mass is 366 g/mol. The summed E-state index contributed by atoms with van der Waals surface area (Å²) in [7, 11) is 0. The maximum absolute atomic E-state index is 10.9. The first-order chi connectivity index (χ1) is 13.1. The van der Waals surface area contributed by atoms with Crippen LogP contribution in [0.1, 0.15) is 37.0 Å². The van der Waals surface area contributed by atoms with E-state index < -0.39 is 6.16 Å². The number of ether oxygens (including phenoxy) is 1. The predicted molar refractivity (Wildman–Crippen MR) is 101 cm³/mol. The number of nitrogens with zero attached hydrogens (tertiary/aromatic N) is 4. The van der Waals surface area contributed by atoms with E-state index in [1.807, 2.05) is 35.9 Å². The van der Waals surface area contributed by atoms with E-state index >= 15 is 0 Å². The van der Waals surface area contributed by atoms with Gasteiger partial charge in [-0.3, -0.25) is 4.98 Å². The first kappa shape index (κ1) is 18.6. The number of pyridine rings is 1. The zero-order valence-electron chi connectivity index (χ0n) is 15.4. The average molecular weight is 366 g/mol. The van der Waals surface area contributed by atoms with Crippen LogP contribution in [0.5, 0.6) is 5.75 Å². The smallest absolute Gasteiger partial charge is 0.449 e. The van der Waals surface area contributed by atoms with Crippen molar-refractivity contribution >= 4 is 6.16 Å². The number of hydrogen-bond donors (Lipinski definition) is 1. The second-order valence-corrected chi connectivity index (χ2v) is 6.27. The maximum Gasteiger partial charge on any atom is 0.511 e. The summed E-state index contributed by atoms with van der Waals surface area (Å²) >= 11 is 0. The van der Waals surface area contributed by atoms with E-state index in [1.165, 1.54) is 12.3 Å². The maximum atomic E-state index is 10.9. The third-order valence-electron chi connectivity index (χ3n) is 4.18. The van der Waals surface area contributed by atoms with Crippen LogP contribution < -0.4 is 4.74 Å². The molecule has 0 saturated carbocycles. The molecule has 0 spiro atoms. The Morgan fingerprint density at radius 3 is 2.70 bits per heavy atom. The van der Waals surface area contributed by atoms with E-state index in [4.69, 9.17) is 9.84 Å². The minimum absolute atomic E-state index is 0.263. The van der Waals surface area contributed by atoms with Gasteiger partial charge < -0.3 is 9.84 Å². The molecule has 27 heavy (non-hydrogen) atoms. The molecule has 0 fully saturated rings. The van der Waals surface area contributed by atoms with Crippen LogP contribution in [0.25, 0.3) is 11.1 Å². The molecule has 3 rings (SSSR count). The van der Waals surface area contributed by atoms with Crippen LogP contribution in [-0.4, -0.2) is 31.0 Å². The molecular formula is C20H22N4O3. The van der Waals surface area contributed by atoms with Crippen LogP contribution in [0.15, 0.2) is 42.7 Å². The second-order valence-electron chi connectivity index (χ2n) is 6.27. The van der Waals surface area contributed by atoms with Crippen LogP contribution in [0, 0.1) is 6.92 Å². The fourth-order valence-corrected chi connectivity index (χ4v) is 2.89. The summed E-state index contributed by atoms with van der Waals surface area (Å²) in [5, 5.41) is 13.4. The van der Waals surface area contributed by atoms with Gasteiger partial charge in [-0.25, -0.2) is 14.5 Å². The van der Waals surface area contributed by atoms with Crippen molar-refractivity contribution in [3.8, 4) is 16.9 Å². The Labute approximate surface area is 157 Å². The first-order valence-corrected chi connectivity index (χ1v) is 8.91. The number of hydrogen-bond acceptors (Lipinski definition) is 5. The van der Waals surface area contributed by atoms with Gasteiger partial charge in [-0.1, -0.05) is 37.6 Å². The molecule has 0 aliphatic heterocycles. The summed E-state index contributed by atoms with van der Waals surface area (Å²) in [5.74, 6) is 2.05. The van der Waals surface area contributed by atoms with Gasteiger partial charge in [0.05, 0.1) is 6.54 Å². The Morgan fingerprint density at radius 1 is 1.22 bits per heavy atom. The van der Waals surface area contributed by atoms with Crippen molar-refractivity contribution in [1.82, 2.24) is 19.7 Å². The molecule has 0 amide bonds. The lowest BCUT2D eigenvalue weighted by Crippen LogP contribution is -2.07. The number of rotatable bonds is 7. The SMILES string of the molecule is CCCCc1nc(C)nn1Cc1ccc(-c2cnccc2OC(=O)O)cc1. The highest BCUT2D eigenvalue weighted by atomic mass is 16.7. The van der Waals surface area contributed by atoms with Crippen molar-refractivity contribution in [1.29, 1.82) is 0 Å². The Hall–Kier alpha value is -3.22. The molecule has 0 bridgehead atoms. The molecule has 140 valence electrons. The molecule has 0 aliphatic carbocycles. The van der Waals surface area contributed by atoms with E-state index in [2.05, 4.69) is 22.0 Å². The minimum atomic E-state index is -1.35. The van der Waals surface area contributed by atoms with Crippen LogP contribution in [0.2, 0.25) is 0 Å². The van der Waals surface area contributed by atoms with Crippen LogP contribution >= 0.6 is 0 Å². The Morgan fingerprint density at radius 2 is 2.00 bits per heavy atom. The third kappa shape index (κ3) is 4.69. The molecular weight excluding hydrogens is 344 g/mol. The van der Waals surface area contributed by atoms with Gasteiger partial charge in [0.15, 0.2) is 0 Å². The normalized spacial score (nSPS) is 10.7. The van der Waals surface area contributed by atoms with Crippen molar-refractivity contribution in [3.05, 3.63) is 59.9 Å². The highest BCUT2D eigenvalue weighted by Gasteiger charge is 2.11. The second kappa shape index (κ2) is 8.44. The van der Waals surface area contributed by atoms with E-state index in [9.17, 15) is 4.79 Å². The van der Waals surface area contributed by atoms with E-state index in [0.717, 1.165) is 42.0 Å². The number of unbranched alkanes of at least 4 members (excludes halogenated alkanes) is 1. The van der Waals surface area contributed by atoms with Gasteiger partial charge in [0.25, 0.3) is 0 Å². The van der Waals surface area contributed by atoms with E-state index in [-0.39, 0.29) is 5.75 Å². The molecule has 7 nitrogen and oxygen atoms in total. The number of aryl methyl sites for hydroxylation is 2. The lowest BCUT2D eigenvalue weighted by Gasteiger charge is -2.09. The van der Waals surface area contributed by atoms with E-state index in [1.54, 1.807) is 6.20 Å². The van der Waals surface area contributed by atoms with Gasteiger partial charge in [0, 0.05) is 30.4 Å². The highest BCUT2D eigenvalue weighted by Crippen LogP contribution is 2.29. The van der Waals surface area contributed by atoms with Crippen molar-refractivity contribution in [2.75, 3.05) is 0 Å². The predicted octanol–water partition coefficient (Wildman–Crippen LogP) is 4.10. The van der Waals surface area contributed by atoms with Crippen LogP contribution in [0.4, 0.5) is 4.79 Å². The van der Waals surface area contributed by atoms with Gasteiger partial charge in [0.1, 0.15) is 17.4 Å². The number of benzene rings is 1. The third-order valence-corrected chi connectivity index (χ3v) is 4.18. The summed E-state index contributed by atoms with van der Waals surface area (Å²) in [6, 6.07) is 9.38. The lowest BCUT2D eigenvalue weighted by atomic mass is 10.0. The van der Waals surface area contributed by atoms with Gasteiger partial charge in [0.2, 0.25) is 0 Å². The number of carbonyl (C=O) groups is 1. The summed E-state index contributed by atoms with van der Waals surface area (Å²) in [5.41, 5.74) is 2.56. The summed E-state index contributed by atoms with van der Waals surface area (Å²) < 4.78 is 6.78. The Kier molecular flexibility index (Phi) is 5.80. The zero-order chi connectivity index (χ0) is 19.2. The standard InChI is InChI=1S/C20H22N4O3/c1-3-4-5-19-22-14(2)23-24(19)13-15-6-8-16(9-7-15)17-12-21-11-10-18(17)27-20(25)26/h6-12H,3-5,13H2,1-2H3,(H,25,26). The van der Waals surface area contributed by atoms with E-state index in [0.29, 0.717) is 12.1 Å². The topological polar surface area (TPSA) is 90.1 Å². The molecule has 0 saturated heterocycles. The molecule has 3 aromatic rings. The summed E-state index contributed by atoms with van der Waals surface area (Å²) in [6.45, 7) is 4.71. The Balaban J connectivity index is 1.80. The average Bonchev–Trinajstić information content (AvgIpc) is 3.00. The van der Waals surface area contributed by atoms with Crippen molar-refractivity contribution < 1.29 is 14.6 Å². The molecule has 0 aliphatic rings. The lowest BCUT2D eigenvalue weighted by molar-refractivity contribution is 0.144. The fourth-order valence-electron chi connectivity index (χ4n) is 2.89. The number of carboxylic acid groups (broad SMARTS) is 1. The molecule has 1 N–H and O–H groups in total. The van der Waals surface area contributed by atoms with Gasteiger partial charge >= 0.3 is 6.16 Å². The van der Waals surface area contributed by atoms with Crippen molar-refractivity contribution in [2.45, 2.75) is 39.7 Å². The molecule has 0 atom stereocenters. The quantitative estimate of drug-likeness (QED) is 0.633. The van der Waals surface area contributed by atoms with Crippen LogP contribution in [0.3, 0.4) is 0 Å². The largest absolute Gasteiger partial charge is 0.511 e. The highest BCUT2D eigenvalue weighted by molar-refractivity contribution is 5.73. The molecule has 7 heteroatoms. The molecule has 0 radical (unpaired) electrons. The minimum Gasteiger partial charge on any atom is -0.449 e. The molecule has 2 aromatic heterocycles. The first-order valence-electron chi connectivity index (χ1n) is 8.91. The van der Waals surface area contributed by atoms with Crippen LogP contribution in [-0.2, 0) is 13.0 Å². The Bertz CT molecular complexity index is 919. The molecule has 2 heterocycles. The summed E-state index contributed by atoms with van der Waals surface area (Å²) in [4.78, 5) is 19.4. The fraction of sp³-hybridized carbons (Fsp3) is 0.300.